The van der Waals surface area contributed by atoms with E-state index >= 15 is 0 Å². The van der Waals surface area contributed by atoms with Crippen LogP contribution in [0.15, 0.2) is 18.2 Å². The number of halogens is 3. The first-order valence-electron chi connectivity index (χ1n) is 6.74. The van der Waals surface area contributed by atoms with Gasteiger partial charge in [0.1, 0.15) is 0 Å². The molecule has 1 aliphatic heterocycles. The zero-order valence-electron chi connectivity index (χ0n) is 12.2. The summed E-state index contributed by atoms with van der Waals surface area (Å²) in [6.07, 6.45) is 0.863. The fourth-order valence-corrected chi connectivity index (χ4v) is 2.23. The van der Waals surface area contributed by atoms with E-state index in [2.05, 4.69) is 10.1 Å². The van der Waals surface area contributed by atoms with E-state index in [1.165, 1.54) is 19.2 Å². The van der Waals surface area contributed by atoms with Gasteiger partial charge in [0.2, 0.25) is 0 Å². The average Bonchev–Trinajstić information content (AvgIpc) is 2.75. The van der Waals surface area contributed by atoms with Crippen LogP contribution in [0, 0.1) is 0 Å². The molecule has 0 atom stereocenters. The van der Waals surface area contributed by atoms with Crippen molar-refractivity contribution in [1.29, 1.82) is 0 Å². The third-order valence-corrected chi connectivity index (χ3v) is 3.25. The molecule has 0 spiro atoms. The van der Waals surface area contributed by atoms with E-state index in [4.69, 9.17) is 4.74 Å². The van der Waals surface area contributed by atoms with Crippen molar-refractivity contribution in [2.24, 2.45) is 0 Å². The quantitative estimate of drug-likeness (QED) is 0.915. The van der Waals surface area contributed by atoms with Gasteiger partial charge in [-0.1, -0.05) is 0 Å². The lowest BCUT2D eigenvalue weighted by Crippen LogP contribution is -2.34. The summed E-state index contributed by atoms with van der Waals surface area (Å²) in [5, 5.41) is 3.20. The summed E-state index contributed by atoms with van der Waals surface area (Å²) >= 11 is 0. The van der Waals surface area contributed by atoms with Crippen molar-refractivity contribution in [3.63, 3.8) is 0 Å². The minimum Gasteiger partial charge on any atom is -0.493 e. The maximum Gasteiger partial charge on any atom is 0.387 e. The van der Waals surface area contributed by atoms with E-state index in [1.807, 2.05) is 0 Å². The summed E-state index contributed by atoms with van der Waals surface area (Å²) in [5.41, 5.74) is 0.313. The van der Waals surface area contributed by atoms with Crippen LogP contribution in [-0.2, 0) is 0 Å². The normalized spacial score (nSPS) is 15.0. The van der Waals surface area contributed by atoms with Crippen LogP contribution >= 0.6 is 12.4 Å². The van der Waals surface area contributed by atoms with Gasteiger partial charge >= 0.3 is 6.61 Å². The van der Waals surface area contributed by atoms with Crippen LogP contribution in [0.4, 0.5) is 8.78 Å². The fraction of sp³-hybridized carbons (Fsp3) is 0.500. The van der Waals surface area contributed by atoms with Crippen LogP contribution in [0.3, 0.4) is 0 Å². The molecule has 124 valence electrons. The van der Waals surface area contributed by atoms with Crippen LogP contribution in [0.5, 0.6) is 11.5 Å². The Morgan fingerprint density at radius 1 is 1.27 bits per heavy atom. The first-order valence-corrected chi connectivity index (χ1v) is 6.74. The van der Waals surface area contributed by atoms with Crippen LogP contribution in [0.1, 0.15) is 16.8 Å². The Bertz CT molecular complexity index is 495. The van der Waals surface area contributed by atoms with Crippen molar-refractivity contribution in [3.8, 4) is 11.5 Å². The molecule has 0 unspecified atom stereocenters. The molecule has 1 aliphatic rings. The molecule has 2 rings (SSSR count). The first-order chi connectivity index (χ1) is 10.1. The van der Waals surface area contributed by atoms with Gasteiger partial charge in [-0.3, -0.25) is 4.79 Å². The van der Waals surface area contributed by atoms with Crippen molar-refractivity contribution < 1.29 is 23.0 Å². The molecule has 1 fully saturated rings. The first kappa shape index (κ1) is 18.4. The van der Waals surface area contributed by atoms with Gasteiger partial charge in [-0.25, -0.2) is 0 Å². The number of carbonyl (C=O) groups excluding carboxylic acids is 1. The van der Waals surface area contributed by atoms with Gasteiger partial charge < -0.3 is 19.7 Å². The zero-order chi connectivity index (χ0) is 15.2. The van der Waals surface area contributed by atoms with Gasteiger partial charge in [0.05, 0.1) is 7.11 Å². The summed E-state index contributed by atoms with van der Waals surface area (Å²) in [6, 6.07) is 4.31. The number of carbonyl (C=O) groups is 1. The van der Waals surface area contributed by atoms with Crippen LogP contribution in [0.25, 0.3) is 0 Å². The SMILES string of the molecule is COc1ccc(C(=O)N2CCCNCC2)cc1OC(F)F.Cl. The van der Waals surface area contributed by atoms with Gasteiger partial charge in [-0.05, 0) is 31.2 Å². The van der Waals surface area contributed by atoms with Crippen LogP contribution in [0.2, 0.25) is 0 Å². The van der Waals surface area contributed by atoms with Crippen molar-refractivity contribution in [2.75, 3.05) is 33.3 Å². The lowest BCUT2D eigenvalue weighted by Gasteiger charge is -2.20. The number of rotatable bonds is 4. The summed E-state index contributed by atoms with van der Waals surface area (Å²) in [7, 11) is 1.36. The number of hydrogen-bond donors (Lipinski definition) is 1. The molecule has 0 radical (unpaired) electrons. The number of alkyl halides is 2. The number of ether oxygens (including phenoxy) is 2. The minimum absolute atomic E-state index is 0. The summed E-state index contributed by atoms with van der Waals surface area (Å²) < 4.78 is 34.1. The lowest BCUT2D eigenvalue weighted by atomic mass is 10.1. The Kier molecular flexibility index (Phi) is 7.34. The third-order valence-electron chi connectivity index (χ3n) is 3.25. The highest BCUT2D eigenvalue weighted by atomic mass is 35.5. The monoisotopic (exact) mass is 336 g/mol. The van der Waals surface area contributed by atoms with Gasteiger partial charge in [-0.2, -0.15) is 8.78 Å². The molecule has 0 bridgehead atoms. The number of hydrogen-bond acceptors (Lipinski definition) is 4. The van der Waals surface area contributed by atoms with Gasteiger partial charge in [0.25, 0.3) is 5.91 Å². The topological polar surface area (TPSA) is 50.8 Å². The molecule has 1 saturated heterocycles. The minimum atomic E-state index is -2.97. The Morgan fingerprint density at radius 3 is 2.73 bits per heavy atom. The molecule has 8 heteroatoms. The fourth-order valence-electron chi connectivity index (χ4n) is 2.23. The Labute approximate surface area is 134 Å². The van der Waals surface area contributed by atoms with E-state index in [9.17, 15) is 13.6 Å². The maximum absolute atomic E-state index is 12.4. The van der Waals surface area contributed by atoms with E-state index in [-0.39, 0.29) is 29.8 Å². The molecule has 0 aliphatic carbocycles. The van der Waals surface area contributed by atoms with Crippen LogP contribution in [-0.4, -0.2) is 50.7 Å². The summed E-state index contributed by atoms with van der Waals surface area (Å²) in [4.78, 5) is 14.1. The third kappa shape index (κ3) is 4.71. The number of methoxy groups -OCH3 is 1. The number of nitrogens with zero attached hydrogens (tertiary/aromatic N) is 1. The van der Waals surface area contributed by atoms with E-state index < -0.39 is 6.61 Å². The Hall–Kier alpha value is -1.60. The van der Waals surface area contributed by atoms with Crippen molar-refractivity contribution in [2.45, 2.75) is 13.0 Å². The predicted octanol–water partition coefficient (Wildman–Crippen LogP) is 2.15. The summed E-state index contributed by atoms with van der Waals surface area (Å²) in [5.74, 6) is -0.156. The molecule has 0 saturated carbocycles. The average molecular weight is 337 g/mol. The molecule has 5 nitrogen and oxygen atoms in total. The van der Waals surface area contributed by atoms with Gasteiger partial charge in [0.15, 0.2) is 11.5 Å². The standard InChI is InChI=1S/C14H18F2N2O3.ClH/c1-20-11-4-3-10(9-12(11)21-14(15)16)13(19)18-7-2-5-17-6-8-18;/h3-4,9,14,17H,2,5-8H2,1H3;1H. The number of nitrogens with one attached hydrogen (secondary N) is 1. The molecule has 1 aromatic rings. The highest BCUT2D eigenvalue weighted by molar-refractivity contribution is 5.95. The largest absolute Gasteiger partial charge is 0.493 e. The van der Waals surface area contributed by atoms with Crippen LogP contribution < -0.4 is 14.8 Å². The van der Waals surface area contributed by atoms with Crippen molar-refractivity contribution >= 4 is 18.3 Å². The maximum atomic E-state index is 12.4. The molecular formula is C14H19ClF2N2O3. The molecule has 1 heterocycles. The molecule has 0 aromatic heterocycles. The smallest absolute Gasteiger partial charge is 0.387 e. The molecule has 1 amide bonds. The predicted molar refractivity (Wildman–Crippen MR) is 80.3 cm³/mol. The second kappa shape index (κ2) is 8.75. The van der Waals surface area contributed by atoms with Crippen molar-refractivity contribution in [3.05, 3.63) is 23.8 Å². The van der Waals surface area contributed by atoms with Crippen molar-refractivity contribution in [1.82, 2.24) is 10.2 Å². The molecule has 1 N–H and O–H groups in total. The number of amides is 1. The molecule has 1 aromatic carbocycles. The lowest BCUT2D eigenvalue weighted by molar-refractivity contribution is -0.0512. The van der Waals surface area contributed by atoms with E-state index in [0.29, 0.717) is 18.7 Å². The van der Waals surface area contributed by atoms with E-state index in [0.717, 1.165) is 19.5 Å². The van der Waals surface area contributed by atoms with E-state index in [1.54, 1.807) is 11.0 Å². The Morgan fingerprint density at radius 2 is 2.05 bits per heavy atom. The molecule has 22 heavy (non-hydrogen) atoms. The highest BCUT2D eigenvalue weighted by Crippen LogP contribution is 2.30. The molecular weight excluding hydrogens is 318 g/mol. The van der Waals surface area contributed by atoms with Gasteiger partial charge in [-0.15, -0.1) is 12.4 Å². The Balaban J connectivity index is 0.00000242. The highest BCUT2D eigenvalue weighted by Gasteiger charge is 2.20. The van der Waals surface area contributed by atoms with Gasteiger partial charge in [0, 0.05) is 25.2 Å². The summed E-state index contributed by atoms with van der Waals surface area (Å²) in [6.45, 7) is -0.139. The number of benzene rings is 1. The second-order valence-corrected chi connectivity index (χ2v) is 4.64. The second-order valence-electron chi connectivity index (χ2n) is 4.64. The zero-order valence-corrected chi connectivity index (χ0v) is 13.0.